The van der Waals surface area contributed by atoms with Gasteiger partial charge in [0.05, 0.1) is 14.2 Å². The molecule has 0 heterocycles. The third kappa shape index (κ3) is 4.01. The molecule has 0 radical (unpaired) electrons. The number of carbonyl (C=O) groups excluding carboxylic acids is 1. The van der Waals surface area contributed by atoms with E-state index in [1.165, 1.54) is 14.2 Å². The predicted molar refractivity (Wildman–Crippen MR) is 72.9 cm³/mol. The van der Waals surface area contributed by atoms with Crippen LogP contribution in [0.4, 0.5) is 0 Å². The maximum absolute atomic E-state index is 11.4. The molecule has 1 unspecified atom stereocenters. The molecular formula is C13H18ClNO4. The van der Waals surface area contributed by atoms with E-state index in [0.717, 1.165) is 5.56 Å². The van der Waals surface area contributed by atoms with E-state index in [1.54, 1.807) is 26.1 Å². The third-order valence-corrected chi connectivity index (χ3v) is 2.73. The summed E-state index contributed by atoms with van der Waals surface area (Å²) in [4.78, 5) is 11.4. The van der Waals surface area contributed by atoms with E-state index in [9.17, 15) is 4.79 Å². The standard InChI is InChI=1S/C13H18ClNO4/c1-8(13(16)18-4)19-12-9(7-15-2)5-10(14)6-11(12)17-3/h5-6,8,15H,7H2,1-4H3. The van der Waals surface area contributed by atoms with Gasteiger partial charge in [-0.05, 0) is 20.0 Å². The Bertz CT molecular complexity index is 451. The van der Waals surface area contributed by atoms with Crippen LogP contribution in [0.3, 0.4) is 0 Å². The lowest BCUT2D eigenvalue weighted by molar-refractivity contribution is -0.147. The number of halogens is 1. The number of ether oxygens (including phenoxy) is 3. The number of carbonyl (C=O) groups is 1. The average molecular weight is 288 g/mol. The Morgan fingerprint density at radius 3 is 2.63 bits per heavy atom. The van der Waals surface area contributed by atoms with E-state index < -0.39 is 12.1 Å². The number of benzene rings is 1. The summed E-state index contributed by atoms with van der Waals surface area (Å²) in [5, 5.41) is 3.55. The van der Waals surface area contributed by atoms with Gasteiger partial charge in [0, 0.05) is 23.2 Å². The molecule has 5 nitrogen and oxygen atoms in total. The average Bonchev–Trinajstić information content (AvgIpc) is 2.40. The molecule has 0 saturated carbocycles. The molecule has 0 spiro atoms. The summed E-state index contributed by atoms with van der Waals surface area (Å²) in [7, 11) is 4.64. The molecule has 1 aromatic rings. The Balaban J connectivity index is 3.11. The Labute approximate surface area is 117 Å². The molecule has 1 rings (SSSR count). The van der Waals surface area contributed by atoms with E-state index in [2.05, 4.69) is 10.1 Å². The molecule has 0 aromatic heterocycles. The van der Waals surface area contributed by atoms with Gasteiger partial charge < -0.3 is 19.5 Å². The first kappa shape index (κ1) is 15.6. The lowest BCUT2D eigenvalue weighted by Gasteiger charge is -2.18. The van der Waals surface area contributed by atoms with Crippen molar-refractivity contribution in [1.29, 1.82) is 0 Å². The fourth-order valence-corrected chi connectivity index (χ4v) is 1.85. The van der Waals surface area contributed by atoms with Crippen LogP contribution in [0.2, 0.25) is 5.02 Å². The highest BCUT2D eigenvalue weighted by Crippen LogP contribution is 2.35. The highest BCUT2D eigenvalue weighted by atomic mass is 35.5. The first-order valence-electron chi connectivity index (χ1n) is 5.79. The number of hydrogen-bond acceptors (Lipinski definition) is 5. The quantitative estimate of drug-likeness (QED) is 0.811. The van der Waals surface area contributed by atoms with Gasteiger partial charge in [-0.25, -0.2) is 4.79 Å². The molecule has 6 heteroatoms. The predicted octanol–water partition coefficient (Wildman–Crippen LogP) is 2.01. The summed E-state index contributed by atoms with van der Waals surface area (Å²) >= 11 is 6.01. The maximum Gasteiger partial charge on any atom is 0.346 e. The van der Waals surface area contributed by atoms with Crippen molar-refractivity contribution in [2.24, 2.45) is 0 Å². The van der Waals surface area contributed by atoms with Crippen LogP contribution in [0.1, 0.15) is 12.5 Å². The van der Waals surface area contributed by atoms with Crippen LogP contribution < -0.4 is 14.8 Å². The zero-order valence-corrected chi connectivity index (χ0v) is 12.2. The minimum absolute atomic E-state index is 0.451. The van der Waals surface area contributed by atoms with Crippen LogP contribution in [-0.4, -0.2) is 33.3 Å². The monoisotopic (exact) mass is 287 g/mol. The van der Waals surface area contributed by atoms with Crippen LogP contribution in [0.15, 0.2) is 12.1 Å². The van der Waals surface area contributed by atoms with E-state index in [4.69, 9.17) is 21.1 Å². The van der Waals surface area contributed by atoms with Gasteiger partial charge in [0.1, 0.15) is 0 Å². The Kier molecular flexibility index (Phi) is 5.92. The van der Waals surface area contributed by atoms with Crippen molar-refractivity contribution in [1.82, 2.24) is 5.32 Å². The Morgan fingerprint density at radius 1 is 1.42 bits per heavy atom. The zero-order valence-electron chi connectivity index (χ0n) is 11.5. The lowest BCUT2D eigenvalue weighted by atomic mass is 10.1. The van der Waals surface area contributed by atoms with Gasteiger partial charge in [-0.15, -0.1) is 0 Å². The largest absolute Gasteiger partial charge is 0.493 e. The van der Waals surface area contributed by atoms with Crippen molar-refractivity contribution >= 4 is 17.6 Å². The van der Waals surface area contributed by atoms with Crippen LogP contribution in [0, 0.1) is 0 Å². The van der Waals surface area contributed by atoms with E-state index in [1.807, 2.05) is 0 Å². The van der Waals surface area contributed by atoms with Gasteiger partial charge in [0.25, 0.3) is 0 Å². The van der Waals surface area contributed by atoms with Gasteiger partial charge in [-0.2, -0.15) is 0 Å². The number of nitrogens with one attached hydrogen (secondary N) is 1. The van der Waals surface area contributed by atoms with E-state index in [0.29, 0.717) is 23.1 Å². The fourth-order valence-electron chi connectivity index (χ4n) is 1.62. The van der Waals surface area contributed by atoms with Crippen molar-refractivity contribution in [3.63, 3.8) is 0 Å². The summed E-state index contributed by atoms with van der Waals surface area (Å²) in [5.74, 6) is 0.514. The summed E-state index contributed by atoms with van der Waals surface area (Å²) in [6.45, 7) is 2.16. The third-order valence-electron chi connectivity index (χ3n) is 2.51. The molecule has 19 heavy (non-hydrogen) atoms. The van der Waals surface area contributed by atoms with Crippen molar-refractivity contribution in [2.75, 3.05) is 21.3 Å². The van der Waals surface area contributed by atoms with Crippen LogP contribution in [-0.2, 0) is 16.1 Å². The molecule has 1 atom stereocenters. The van der Waals surface area contributed by atoms with Crippen LogP contribution in [0.25, 0.3) is 0 Å². The second-order valence-electron chi connectivity index (χ2n) is 3.91. The van der Waals surface area contributed by atoms with Gasteiger partial charge >= 0.3 is 5.97 Å². The summed E-state index contributed by atoms with van der Waals surface area (Å²) in [6.07, 6.45) is -0.726. The highest BCUT2D eigenvalue weighted by Gasteiger charge is 2.20. The summed E-state index contributed by atoms with van der Waals surface area (Å²) < 4.78 is 15.5. The normalized spacial score (nSPS) is 11.8. The Hall–Kier alpha value is -1.46. The first-order valence-corrected chi connectivity index (χ1v) is 6.16. The van der Waals surface area contributed by atoms with Crippen molar-refractivity contribution in [2.45, 2.75) is 19.6 Å². The highest BCUT2D eigenvalue weighted by molar-refractivity contribution is 6.30. The number of hydrogen-bond donors (Lipinski definition) is 1. The molecule has 0 aliphatic carbocycles. The van der Waals surface area contributed by atoms with Gasteiger partial charge in [-0.3, -0.25) is 0 Å². The number of rotatable bonds is 6. The molecule has 0 aliphatic rings. The maximum atomic E-state index is 11.4. The second kappa shape index (κ2) is 7.21. The molecule has 106 valence electrons. The minimum atomic E-state index is -0.726. The smallest absolute Gasteiger partial charge is 0.346 e. The molecule has 0 fully saturated rings. The number of esters is 1. The molecule has 1 N–H and O–H groups in total. The lowest BCUT2D eigenvalue weighted by Crippen LogP contribution is -2.26. The molecule has 0 bridgehead atoms. The van der Waals surface area contributed by atoms with Gasteiger partial charge in [0.15, 0.2) is 17.6 Å². The van der Waals surface area contributed by atoms with E-state index in [-0.39, 0.29) is 0 Å². The van der Waals surface area contributed by atoms with Crippen molar-refractivity contribution in [3.8, 4) is 11.5 Å². The van der Waals surface area contributed by atoms with E-state index >= 15 is 0 Å². The van der Waals surface area contributed by atoms with Crippen LogP contribution in [0.5, 0.6) is 11.5 Å². The first-order chi connectivity index (χ1) is 9.03. The molecule has 0 aliphatic heterocycles. The minimum Gasteiger partial charge on any atom is -0.493 e. The summed E-state index contributed by atoms with van der Waals surface area (Å²) in [5.41, 5.74) is 0.808. The molecule has 0 saturated heterocycles. The topological polar surface area (TPSA) is 56.8 Å². The molecule has 0 amide bonds. The Morgan fingerprint density at radius 2 is 2.11 bits per heavy atom. The van der Waals surface area contributed by atoms with Gasteiger partial charge in [-0.1, -0.05) is 11.6 Å². The SMILES string of the molecule is CNCc1cc(Cl)cc(OC)c1OC(C)C(=O)OC. The molecular weight excluding hydrogens is 270 g/mol. The van der Waals surface area contributed by atoms with Crippen LogP contribution >= 0.6 is 11.6 Å². The zero-order chi connectivity index (χ0) is 14.4. The second-order valence-corrected chi connectivity index (χ2v) is 4.35. The van der Waals surface area contributed by atoms with Crippen molar-refractivity contribution < 1.29 is 19.0 Å². The van der Waals surface area contributed by atoms with Gasteiger partial charge in [0.2, 0.25) is 0 Å². The summed E-state index contributed by atoms with van der Waals surface area (Å²) in [6, 6.07) is 3.40. The fraction of sp³-hybridized carbons (Fsp3) is 0.462. The number of methoxy groups -OCH3 is 2. The molecule has 1 aromatic carbocycles. The van der Waals surface area contributed by atoms with Crippen molar-refractivity contribution in [3.05, 3.63) is 22.7 Å².